The van der Waals surface area contributed by atoms with Crippen LogP contribution < -0.4 is 5.32 Å². The Morgan fingerprint density at radius 3 is 2.32 bits per heavy atom. The van der Waals surface area contributed by atoms with E-state index in [-0.39, 0.29) is 11.1 Å². The van der Waals surface area contributed by atoms with E-state index in [0.717, 1.165) is 24.4 Å². The van der Waals surface area contributed by atoms with Crippen molar-refractivity contribution >= 4 is 0 Å². The van der Waals surface area contributed by atoms with Crippen LogP contribution in [0.15, 0.2) is 0 Å². The van der Waals surface area contributed by atoms with Gasteiger partial charge in [0.2, 0.25) is 0 Å². The zero-order valence-corrected chi connectivity index (χ0v) is 13.4. The van der Waals surface area contributed by atoms with Crippen LogP contribution in [0, 0.1) is 13.8 Å². The van der Waals surface area contributed by atoms with Crippen molar-refractivity contribution in [2.24, 2.45) is 0 Å². The molecule has 1 aromatic heterocycles. The van der Waals surface area contributed by atoms with Gasteiger partial charge in [-0.2, -0.15) is 0 Å². The van der Waals surface area contributed by atoms with Gasteiger partial charge in [0, 0.05) is 0 Å². The maximum atomic E-state index is 6.09. The second-order valence-electron chi connectivity index (χ2n) is 6.39. The second-order valence-corrected chi connectivity index (χ2v) is 6.39. The Balaban J connectivity index is 2.67. The Bertz CT molecular complexity index is 410. The van der Waals surface area contributed by atoms with Crippen molar-refractivity contribution in [3.8, 4) is 0 Å². The first-order valence-corrected chi connectivity index (χ1v) is 6.87. The van der Waals surface area contributed by atoms with Crippen LogP contribution in [0.4, 0.5) is 0 Å². The summed E-state index contributed by atoms with van der Waals surface area (Å²) < 4.78 is 8.04. The molecule has 0 bridgehead atoms. The maximum Gasteiger partial charge on any atom is 0.0825 e. The molecule has 0 atom stereocenters. The smallest absolute Gasteiger partial charge is 0.0825 e. The topological polar surface area (TPSA) is 52.0 Å². The Morgan fingerprint density at radius 1 is 1.21 bits per heavy atom. The van der Waals surface area contributed by atoms with Crippen molar-refractivity contribution in [1.82, 2.24) is 20.3 Å². The summed E-state index contributed by atoms with van der Waals surface area (Å²) in [5, 5.41) is 11.5. The summed E-state index contributed by atoms with van der Waals surface area (Å²) >= 11 is 0. The first-order chi connectivity index (χ1) is 8.69. The van der Waals surface area contributed by atoms with Crippen LogP contribution in [-0.2, 0) is 10.3 Å². The minimum absolute atomic E-state index is 0.135. The molecule has 0 aliphatic rings. The highest BCUT2D eigenvalue weighted by Gasteiger charge is 2.28. The molecule has 0 unspecified atom stereocenters. The summed E-state index contributed by atoms with van der Waals surface area (Å²) in [5.41, 5.74) is 1.75. The highest BCUT2D eigenvalue weighted by atomic mass is 16.5. The monoisotopic (exact) mass is 268 g/mol. The summed E-state index contributed by atoms with van der Waals surface area (Å²) in [6.45, 7) is 14.1. The third kappa shape index (κ3) is 4.28. The van der Waals surface area contributed by atoms with E-state index in [1.807, 2.05) is 25.6 Å². The molecule has 0 spiro atoms. The molecule has 0 aliphatic heterocycles. The van der Waals surface area contributed by atoms with Crippen molar-refractivity contribution in [1.29, 1.82) is 0 Å². The van der Waals surface area contributed by atoms with E-state index in [2.05, 4.69) is 43.3 Å². The summed E-state index contributed by atoms with van der Waals surface area (Å²) in [6, 6.07) is 0. The summed E-state index contributed by atoms with van der Waals surface area (Å²) in [6.07, 6.45) is 0.981. The maximum absolute atomic E-state index is 6.09. The molecule has 0 saturated carbocycles. The van der Waals surface area contributed by atoms with Crippen LogP contribution in [0.3, 0.4) is 0 Å². The van der Waals surface area contributed by atoms with Crippen molar-refractivity contribution in [3.63, 3.8) is 0 Å². The highest BCUT2D eigenvalue weighted by molar-refractivity contribution is 5.07. The van der Waals surface area contributed by atoms with E-state index in [1.165, 1.54) is 0 Å². The number of nitrogens with one attached hydrogen (secondary N) is 1. The Hall–Kier alpha value is -0.940. The molecule has 110 valence electrons. The van der Waals surface area contributed by atoms with Crippen molar-refractivity contribution in [3.05, 3.63) is 11.4 Å². The molecule has 0 aliphatic carbocycles. The molecule has 1 N–H and O–H groups in total. The number of hydrogen-bond acceptors (Lipinski definition) is 4. The van der Waals surface area contributed by atoms with Crippen LogP contribution >= 0.6 is 0 Å². The third-order valence-electron chi connectivity index (χ3n) is 3.49. The first-order valence-electron chi connectivity index (χ1n) is 6.87. The predicted octanol–water partition coefficient (Wildman–Crippen LogP) is 2.03. The van der Waals surface area contributed by atoms with Gasteiger partial charge in [0.1, 0.15) is 0 Å². The molecule has 0 amide bonds. The number of hydrogen-bond donors (Lipinski definition) is 1. The molecule has 1 heterocycles. The molecule has 0 saturated heterocycles. The van der Waals surface area contributed by atoms with Gasteiger partial charge in [0.05, 0.1) is 29.1 Å². The highest BCUT2D eigenvalue weighted by Crippen LogP contribution is 2.22. The van der Waals surface area contributed by atoms with Gasteiger partial charge in [-0.05, 0) is 61.6 Å². The third-order valence-corrected chi connectivity index (χ3v) is 3.49. The molecule has 1 aromatic rings. The summed E-state index contributed by atoms with van der Waals surface area (Å²) in [5.74, 6) is 0. The van der Waals surface area contributed by atoms with Gasteiger partial charge in [-0.1, -0.05) is 5.21 Å². The van der Waals surface area contributed by atoms with E-state index in [1.54, 1.807) is 0 Å². The molecule has 5 heteroatoms. The fourth-order valence-electron chi connectivity index (χ4n) is 1.91. The lowest BCUT2D eigenvalue weighted by molar-refractivity contribution is -0.0579. The predicted molar refractivity (Wildman–Crippen MR) is 77.4 cm³/mol. The van der Waals surface area contributed by atoms with Crippen LogP contribution in [0.5, 0.6) is 0 Å². The summed E-state index contributed by atoms with van der Waals surface area (Å²) in [4.78, 5) is 0. The Kier molecular flexibility index (Phi) is 5.10. The molecular weight excluding hydrogens is 240 g/mol. The Morgan fingerprint density at radius 2 is 1.84 bits per heavy atom. The number of aryl methyl sites for hydroxylation is 1. The average Bonchev–Trinajstić information content (AvgIpc) is 2.66. The number of nitrogens with zero attached hydrogens (tertiary/aromatic N) is 3. The second kappa shape index (κ2) is 6.01. The van der Waals surface area contributed by atoms with Gasteiger partial charge in [0.25, 0.3) is 0 Å². The van der Waals surface area contributed by atoms with E-state index in [0.29, 0.717) is 6.61 Å². The molecular formula is C14H28N4O. The first kappa shape index (κ1) is 16.1. The molecule has 1 rings (SSSR count). The average molecular weight is 268 g/mol. The normalized spacial score (nSPS) is 13.0. The van der Waals surface area contributed by atoms with Crippen molar-refractivity contribution in [2.75, 3.05) is 20.2 Å². The van der Waals surface area contributed by atoms with Gasteiger partial charge < -0.3 is 10.1 Å². The summed E-state index contributed by atoms with van der Waals surface area (Å²) in [7, 11) is 1.96. The number of ether oxygens (including phenoxy) is 1. The fraction of sp³-hybridized carbons (Fsp3) is 0.857. The lowest BCUT2D eigenvalue weighted by atomic mass is 10.0. The Labute approximate surface area is 116 Å². The minimum atomic E-state index is -0.192. The van der Waals surface area contributed by atoms with Crippen molar-refractivity contribution in [2.45, 2.75) is 59.1 Å². The zero-order valence-electron chi connectivity index (χ0n) is 13.4. The standard InChI is InChI=1S/C14H28N4O/c1-11-12(2)18(17-16-11)13(3,4)10-19-14(5,6)8-9-15-7/h15H,8-10H2,1-7H3. The molecule has 19 heavy (non-hydrogen) atoms. The van der Waals surface area contributed by atoms with Crippen LogP contribution in [0.25, 0.3) is 0 Å². The quantitative estimate of drug-likeness (QED) is 0.822. The van der Waals surface area contributed by atoms with Gasteiger partial charge >= 0.3 is 0 Å². The van der Waals surface area contributed by atoms with Crippen LogP contribution in [0.1, 0.15) is 45.5 Å². The van der Waals surface area contributed by atoms with Crippen LogP contribution in [0.2, 0.25) is 0 Å². The largest absolute Gasteiger partial charge is 0.373 e. The molecule has 0 aromatic carbocycles. The zero-order chi connectivity index (χ0) is 14.7. The van der Waals surface area contributed by atoms with Gasteiger partial charge in [-0.15, -0.1) is 5.10 Å². The minimum Gasteiger partial charge on any atom is -0.373 e. The molecule has 0 fully saturated rings. The van der Waals surface area contributed by atoms with E-state index >= 15 is 0 Å². The lowest BCUT2D eigenvalue weighted by Crippen LogP contribution is -2.39. The van der Waals surface area contributed by atoms with Gasteiger partial charge in [0.15, 0.2) is 0 Å². The number of rotatable bonds is 7. The van der Waals surface area contributed by atoms with E-state index < -0.39 is 0 Å². The lowest BCUT2D eigenvalue weighted by Gasteiger charge is -2.32. The fourth-order valence-corrected chi connectivity index (χ4v) is 1.91. The van der Waals surface area contributed by atoms with Crippen LogP contribution in [-0.4, -0.2) is 40.8 Å². The van der Waals surface area contributed by atoms with Gasteiger partial charge in [-0.25, -0.2) is 4.68 Å². The molecule has 5 nitrogen and oxygen atoms in total. The molecule has 0 radical (unpaired) electrons. The SMILES string of the molecule is CNCCC(C)(C)OCC(C)(C)n1nnc(C)c1C. The van der Waals surface area contributed by atoms with Crippen molar-refractivity contribution < 1.29 is 4.74 Å². The van der Waals surface area contributed by atoms with E-state index in [4.69, 9.17) is 4.74 Å². The number of aromatic nitrogens is 3. The van der Waals surface area contributed by atoms with Gasteiger partial charge in [-0.3, -0.25) is 0 Å². The van der Waals surface area contributed by atoms with E-state index in [9.17, 15) is 0 Å².